The number of rotatable bonds is 4. The molecule has 0 radical (unpaired) electrons. The molecule has 8 heteroatoms. The average molecular weight is 335 g/mol. The first-order valence-electron chi connectivity index (χ1n) is 7.46. The van der Waals surface area contributed by atoms with Crippen molar-refractivity contribution in [3.05, 3.63) is 60.1 Å². The van der Waals surface area contributed by atoms with Gasteiger partial charge in [0.15, 0.2) is 11.4 Å². The lowest BCUT2D eigenvalue weighted by molar-refractivity contribution is 0.0697. The van der Waals surface area contributed by atoms with Gasteiger partial charge in [-0.3, -0.25) is 0 Å². The molecular formula is C17H13N5O3. The van der Waals surface area contributed by atoms with Gasteiger partial charge >= 0.3 is 5.97 Å². The van der Waals surface area contributed by atoms with Crippen LogP contribution in [0.4, 0.5) is 5.95 Å². The number of nitrogens with zero attached hydrogens (tertiary/aromatic N) is 4. The van der Waals surface area contributed by atoms with Crippen molar-refractivity contribution in [2.45, 2.75) is 6.54 Å². The molecule has 124 valence electrons. The van der Waals surface area contributed by atoms with Gasteiger partial charge in [-0.25, -0.2) is 14.8 Å². The molecule has 3 heterocycles. The second-order valence-corrected chi connectivity index (χ2v) is 5.45. The minimum Gasteiger partial charge on any atom is -0.478 e. The van der Waals surface area contributed by atoms with Crippen LogP contribution in [0.3, 0.4) is 0 Å². The second-order valence-electron chi connectivity index (χ2n) is 5.45. The fraction of sp³-hybridized carbons (Fsp3) is 0.0588. The summed E-state index contributed by atoms with van der Waals surface area (Å²) < 4.78 is 7.22. The van der Waals surface area contributed by atoms with Crippen molar-refractivity contribution < 1.29 is 14.3 Å². The summed E-state index contributed by atoms with van der Waals surface area (Å²) in [6, 6.07) is 10.2. The Morgan fingerprint density at radius 3 is 2.68 bits per heavy atom. The summed E-state index contributed by atoms with van der Waals surface area (Å²) in [6.07, 6.45) is 3.21. The monoisotopic (exact) mass is 335 g/mol. The number of carbonyl (C=O) groups is 1. The van der Waals surface area contributed by atoms with Crippen LogP contribution in [0.2, 0.25) is 0 Å². The third-order valence-corrected chi connectivity index (χ3v) is 3.79. The summed E-state index contributed by atoms with van der Waals surface area (Å²) in [5, 5.41) is 8.97. The second kappa shape index (κ2) is 5.75. The highest BCUT2D eigenvalue weighted by atomic mass is 16.4. The summed E-state index contributed by atoms with van der Waals surface area (Å²) in [5.41, 5.74) is 8.70. The van der Waals surface area contributed by atoms with E-state index in [1.165, 1.54) is 0 Å². The van der Waals surface area contributed by atoms with Crippen molar-refractivity contribution in [2.24, 2.45) is 0 Å². The predicted molar refractivity (Wildman–Crippen MR) is 89.9 cm³/mol. The van der Waals surface area contributed by atoms with Crippen LogP contribution in [-0.4, -0.2) is 30.6 Å². The number of hydrogen-bond acceptors (Lipinski definition) is 6. The summed E-state index contributed by atoms with van der Waals surface area (Å²) in [7, 11) is 0. The van der Waals surface area contributed by atoms with Crippen LogP contribution in [-0.2, 0) is 6.54 Å². The standard InChI is InChI=1S/C17H13N5O3/c18-17-20-13(12-2-1-7-25-12)14-15(21-17)22(9-19-14)8-10-3-5-11(6-4-10)16(23)24/h1-7,9H,8H2,(H,23,24)(H2,18,20,21). The Morgan fingerprint density at radius 1 is 1.20 bits per heavy atom. The molecule has 0 unspecified atom stereocenters. The van der Waals surface area contributed by atoms with Crippen LogP contribution in [0.15, 0.2) is 53.4 Å². The molecule has 0 aliphatic rings. The van der Waals surface area contributed by atoms with Gasteiger partial charge in [0, 0.05) is 0 Å². The molecule has 0 saturated carbocycles. The Labute approximate surface area is 141 Å². The Kier molecular flexibility index (Phi) is 3.42. The zero-order valence-electron chi connectivity index (χ0n) is 13.0. The number of fused-ring (bicyclic) bond motifs is 1. The maximum atomic E-state index is 10.9. The lowest BCUT2D eigenvalue weighted by Gasteiger charge is -2.06. The first kappa shape index (κ1) is 14.9. The van der Waals surface area contributed by atoms with Crippen molar-refractivity contribution in [1.82, 2.24) is 19.5 Å². The molecule has 0 amide bonds. The first-order chi connectivity index (χ1) is 12.1. The number of aromatic nitrogens is 4. The molecule has 3 N–H and O–H groups in total. The number of imidazole rings is 1. The fourth-order valence-corrected chi connectivity index (χ4v) is 2.61. The number of furan rings is 1. The SMILES string of the molecule is Nc1nc(-c2ccco2)c2ncn(Cc3ccc(C(=O)O)cc3)c2n1. The van der Waals surface area contributed by atoms with E-state index < -0.39 is 5.97 Å². The van der Waals surface area contributed by atoms with Gasteiger partial charge in [0.05, 0.1) is 24.7 Å². The molecule has 0 aliphatic heterocycles. The molecule has 4 rings (SSSR count). The van der Waals surface area contributed by atoms with Gasteiger partial charge < -0.3 is 19.8 Å². The number of anilines is 1. The number of nitrogen functional groups attached to an aromatic ring is 1. The highest BCUT2D eigenvalue weighted by molar-refractivity contribution is 5.88. The highest BCUT2D eigenvalue weighted by Crippen LogP contribution is 2.26. The van der Waals surface area contributed by atoms with Crippen LogP contribution in [0, 0.1) is 0 Å². The van der Waals surface area contributed by atoms with Crippen molar-refractivity contribution in [3.8, 4) is 11.5 Å². The van der Waals surface area contributed by atoms with Gasteiger partial charge in [0.1, 0.15) is 11.2 Å². The zero-order valence-corrected chi connectivity index (χ0v) is 13.0. The van der Waals surface area contributed by atoms with E-state index in [0.717, 1.165) is 5.56 Å². The van der Waals surface area contributed by atoms with Crippen LogP contribution in [0.25, 0.3) is 22.6 Å². The molecule has 0 spiro atoms. The molecule has 0 atom stereocenters. The number of hydrogen-bond donors (Lipinski definition) is 2. The first-order valence-corrected chi connectivity index (χ1v) is 7.46. The molecule has 25 heavy (non-hydrogen) atoms. The Bertz CT molecular complexity index is 1050. The van der Waals surface area contributed by atoms with E-state index >= 15 is 0 Å². The number of aromatic carboxylic acids is 1. The Balaban J connectivity index is 1.75. The number of carboxylic acid groups (broad SMARTS) is 1. The minimum atomic E-state index is -0.955. The maximum absolute atomic E-state index is 10.9. The van der Waals surface area contributed by atoms with Crippen molar-refractivity contribution in [2.75, 3.05) is 5.73 Å². The van der Waals surface area contributed by atoms with Crippen molar-refractivity contribution in [3.63, 3.8) is 0 Å². The van der Waals surface area contributed by atoms with E-state index in [-0.39, 0.29) is 11.5 Å². The molecule has 1 aromatic carbocycles. The van der Waals surface area contributed by atoms with E-state index in [1.807, 2.05) is 4.57 Å². The number of benzene rings is 1. The lowest BCUT2D eigenvalue weighted by atomic mass is 10.1. The molecule has 0 saturated heterocycles. The fourth-order valence-electron chi connectivity index (χ4n) is 2.61. The van der Waals surface area contributed by atoms with Crippen LogP contribution >= 0.6 is 0 Å². The highest BCUT2D eigenvalue weighted by Gasteiger charge is 2.16. The maximum Gasteiger partial charge on any atom is 0.335 e. The van der Waals surface area contributed by atoms with Gasteiger partial charge in [-0.1, -0.05) is 12.1 Å². The zero-order chi connectivity index (χ0) is 17.4. The van der Waals surface area contributed by atoms with E-state index in [2.05, 4.69) is 15.0 Å². The van der Waals surface area contributed by atoms with Gasteiger partial charge in [-0.05, 0) is 29.8 Å². The molecular weight excluding hydrogens is 322 g/mol. The van der Waals surface area contributed by atoms with E-state index in [9.17, 15) is 4.79 Å². The molecule has 0 bridgehead atoms. The summed E-state index contributed by atoms with van der Waals surface area (Å²) >= 11 is 0. The van der Waals surface area contributed by atoms with Gasteiger partial charge in [0.2, 0.25) is 5.95 Å². The largest absolute Gasteiger partial charge is 0.478 e. The van der Waals surface area contributed by atoms with Gasteiger partial charge in [0.25, 0.3) is 0 Å². The quantitative estimate of drug-likeness (QED) is 0.587. The van der Waals surface area contributed by atoms with E-state index in [0.29, 0.717) is 29.2 Å². The van der Waals surface area contributed by atoms with E-state index in [4.69, 9.17) is 15.3 Å². The predicted octanol–water partition coefficient (Wildman–Crippen LogP) is 2.42. The number of nitrogens with two attached hydrogens (primary N) is 1. The van der Waals surface area contributed by atoms with Crippen molar-refractivity contribution >= 4 is 23.1 Å². The number of carboxylic acids is 1. The Hall–Kier alpha value is -3.68. The van der Waals surface area contributed by atoms with Gasteiger partial charge in [-0.15, -0.1) is 0 Å². The molecule has 3 aromatic heterocycles. The van der Waals surface area contributed by atoms with Gasteiger partial charge in [-0.2, -0.15) is 4.98 Å². The normalized spacial score (nSPS) is 11.0. The van der Waals surface area contributed by atoms with E-state index in [1.54, 1.807) is 49.0 Å². The van der Waals surface area contributed by atoms with Crippen LogP contribution < -0.4 is 5.73 Å². The molecule has 0 fully saturated rings. The van der Waals surface area contributed by atoms with Crippen molar-refractivity contribution in [1.29, 1.82) is 0 Å². The lowest BCUT2D eigenvalue weighted by Crippen LogP contribution is -2.03. The summed E-state index contributed by atoms with van der Waals surface area (Å²) in [5.74, 6) is -0.264. The van der Waals surface area contributed by atoms with Crippen LogP contribution in [0.5, 0.6) is 0 Å². The smallest absolute Gasteiger partial charge is 0.335 e. The summed E-state index contributed by atoms with van der Waals surface area (Å²) in [4.78, 5) is 23.8. The van der Waals surface area contributed by atoms with Crippen LogP contribution in [0.1, 0.15) is 15.9 Å². The molecule has 0 aliphatic carbocycles. The summed E-state index contributed by atoms with van der Waals surface area (Å²) in [6.45, 7) is 0.477. The third kappa shape index (κ3) is 2.69. The topological polar surface area (TPSA) is 120 Å². The Morgan fingerprint density at radius 2 is 2.00 bits per heavy atom. The molecule has 8 nitrogen and oxygen atoms in total. The molecule has 4 aromatic rings. The average Bonchev–Trinajstić information content (AvgIpc) is 3.25. The minimum absolute atomic E-state index is 0.127. The third-order valence-electron chi connectivity index (χ3n) is 3.79.